The second-order valence-electron chi connectivity index (χ2n) is 5.81. The van der Waals surface area contributed by atoms with Gasteiger partial charge in [-0.25, -0.2) is 0 Å². The van der Waals surface area contributed by atoms with E-state index in [-0.39, 0.29) is 11.2 Å². The van der Waals surface area contributed by atoms with Crippen LogP contribution in [0.25, 0.3) is 0 Å². The number of aliphatic hydroxyl groups is 1. The fraction of sp³-hybridized carbons (Fsp3) is 0.375. The molecule has 2 nitrogen and oxygen atoms in total. The Labute approximate surface area is 127 Å². The van der Waals surface area contributed by atoms with Gasteiger partial charge in [-0.05, 0) is 35.2 Å². The number of alkyl halides is 2. The molecule has 0 radical (unpaired) electrons. The van der Waals surface area contributed by atoms with Crippen molar-refractivity contribution in [2.24, 2.45) is 0 Å². The molecular formula is C16H18F2O2S. The van der Waals surface area contributed by atoms with Crippen molar-refractivity contribution < 1.29 is 18.6 Å². The lowest BCUT2D eigenvalue weighted by atomic mass is 9.95. The van der Waals surface area contributed by atoms with Gasteiger partial charge >= 0.3 is 6.61 Å². The zero-order valence-corrected chi connectivity index (χ0v) is 13.0. The Balaban J connectivity index is 2.23. The number of hydrogen-bond donors (Lipinski definition) is 1. The van der Waals surface area contributed by atoms with Crippen LogP contribution in [0.5, 0.6) is 5.75 Å². The van der Waals surface area contributed by atoms with Crippen LogP contribution in [-0.2, 0) is 5.41 Å². The summed E-state index contributed by atoms with van der Waals surface area (Å²) < 4.78 is 28.8. The summed E-state index contributed by atoms with van der Waals surface area (Å²) >= 11 is 1.52. The molecule has 114 valence electrons. The number of hydrogen-bond acceptors (Lipinski definition) is 3. The minimum absolute atomic E-state index is 0.0171. The Kier molecular flexibility index (Phi) is 4.64. The molecule has 1 aromatic carbocycles. The number of halogens is 2. The molecule has 0 spiro atoms. The van der Waals surface area contributed by atoms with E-state index in [1.54, 1.807) is 12.1 Å². The summed E-state index contributed by atoms with van der Waals surface area (Å²) in [4.78, 5) is 1.95. The number of rotatable bonds is 4. The molecule has 1 N–H and O–H groups in total. The van der Waals surface area contributed by atoms with Crippen molar-refractivity contribution in [3.63, 3.8) is 0 Å². The van der Waals surface area contributed by atoms with E-state index in [1.807, 2.05) is 12.1 Å². The van der Waals surface area contributed by atoms with Gasteiger partial charge in [0.25, 0.3) is 0 Å². The summed E-state index contributed by atoms with van der Waals surface area (Å²) in [6.45, 7) is 3.44. The largest absolute Gasteiger partial charge is 0.435 e. The van der Waals surface area contributed by atoms with Gasteiger partial charge in [-0.1, -0.05) is 32.9 Å². The average Bonchev–Trinajstić information content (AvgIpc) is 2.86. The van der Waals surface area contributed by atoms with Crippen molar-refractivity contribution in [1.82, 2.24) is 0 Å². The smallest absolute Gasteiger partial charge is 0.387 e. The predicted octanol–water partition coefficient (Wildman–Crippen LogP) is 4.73. The van der Waals surface area contributed by atoms with E-state index < -0.39 is 12.7 Å². The predicted molar refractivity (Wildman–Crippen MR) is 80.2 cm³/mol. The van der Waals surface area contributed by atoms with Gasteiger partial charge in [-0.3, -0.25) is 0 Å². The summed E-state index contributed by atoms with van der Waals surface area (Å²) in [5.74, 6) is 0.0501. The SMILES string of the molecule is CC(C)(C)c1ccc(C(O)c2cccc(OC(F)F)c2)s1. The van der Waals surface area contributed by atoms with Crippen LogP contribution in [0.1, 0.15) is 42.2 Å². The minimum Gasteiger partial charge on any atom is -0.435 e. The van der Waals surface area contributed by atoms with Crippen molar-refractivity contribution in [2.75, 3.05) is 0 Å². The van der Waals surface area contributed by atoms with E-state index in [9.17, 15) is 13.9 Å². The fourth-order valence-corrected chi connectivity index (χ4v) is 3.01. The minimum atomic E-state index is -2.87. The van der Waals surface area contributed by atoms with Crippen molar-refractivity contribution in [3.8, 4) is 5.75 Å². The Morgan fingerprint density at radius 3 is 2.43 bits per heavy atom. The summed E-state index contributed by atoms with van der Waals surface area (Å²) in [5.41, 5.74) is 0.555. The number of thiophene rings is 1. The number of aliphatic hydroxyl groups excluding tert-OH is 1. The van der Waals surface area contributed by atoms with Gasteiger partial charge in [0.15, 0.2) is 0 Å². The molecule has 2 rings (SSSR count). The molecule has 0 aliphatic carbocycles. The van der Waals surface area contributed by atoms with Gasteiger partial charge in [0, 0.05) is 9.75 Å². The molecule has 0 fully saturated rings. The van der Waals surface area contributed by atoms with Crippen LogP contribution in [0.15, 0.2) is 36.4 Å². The molecule has 0 amide bonds. The maximum atomic E-state index is 12.2. The van der Waals surface area contributed by atoms with Crippen LogP contribution in [0.4, 0.5) is 8.78 Å². The van der Waals surface area contributed by atoms with Gasteiger partial charge in [0.2, 0.25) is 0 Å². The zero-order valence-electron chi connectivity index (χ0n) is 12.1. The Hall–Kier alpha value is -1.46. The first-order valence-electron chi connectivity index (χ1n) is 6.60. The van der Waals surface area contributed by atoms with Crippen LogP contribution in [0, 0.1) is 0 Å². The van der Waals surface area contributed by atoms with E-state index in [0.717, 1.165) is 9.75 Å². The van der Waals surface area contributed by atoms with Gasteiger partial charge in [-0.15, -0.1) is 11.3 Å². The molecule has 0 aliphatic heterocycles. The first-order chi connectivity index (χ1) is 9.77. The number of benzene rings is 1. The first kappa shape index (κ1) is 15.9. The van der Waals surface area contributed by atoms with E-state index in [0.29, 0.717) is 5.56 Å². The zero-order chi connectivity index (χ0) is 15.6. The van der Waals surface area contributed by atoms with Crippen molar-refractivity contribution >= 4 is 11.3 Å². The third kappa shape index (κ3) is 4.02. The Morgan fingerprint density at radius 2 is 1.86 bits per heavy atom. The third-order valence-electron chi connectivity index (χ3n) is 3.03. The molecule has 0 bridgehead atoms. The van der Waals surface area contributed by atoms with Crippen LogP contribution in [0.3, 0.4) is 0 Å². The van der Waals surface area contributed by atoms with Crippen LogP contribution in [-0.4, -0.2) is 11.7 Å². The fourth-order valence-electron chi connectivity index (χ4n) is 1.93. The highest BCUT2D eigenvalue weighted by atomic mass is 32.1. The monoisotopic (exact) mass is 312 g/mol. The molecule has 1 aromatic heterocycles. The lowest BCUT2D eigenvalue weighted by Crippen LogP contribution is -2.07. The lowest BCUT2D eigenvalue weighted by Gasteiger charge is -2.16. The van der Waals surface area contributed by atoms with Crippen molar-refractivity contribution in [2.45, 2.75) is 38.9 Å². The molecule has 21 heavy (non-hydrogen) atoms. The molecule has 1 atom stereocenters. The summed E-state index contributed by atoms with van der Waals surface area (Å²) in [6, 6.07) is 10.0. The molecular weight excluding hydrogens is 294 g/mol. The first-order valence-corrected chi connectivity index (χ1v) is 7.42. The molecule has 2 aromatic rings. The Bertz CT molecular complexity index is 602. The standard InChI is InChI=1S/C16H18F2O2S/c1-16(2,3)13-8-7-12(21-13)14(19)10-5-4-6-11(9-10)20-15(17)18/h4-9,14-15,19H,1-3H3. The van der Waals surface area contributed by atoms with Gasteiger partial charge in [0.1, 0.15) is 11.9 Å². The third-order valence-corrected chi connectivity index (χ3v) is 4.60. The van der Waals surface area contributed by atoms with Crippen molar-refractivity contribution in [1.29, 1.82) is 0 Å². The highest BCUT2D eigenvalue weighted by Crippen LogP contribution is 2.35. The molecule has 5 heteroatoms. The number of ether oxygens (including phenoxy) is 1. The van der Waals surface area contributed by atoms with Crippen LogP contribution >= 0.6 is 11.3 Å². The average molecular weight is 312 g/mol. The van der Waals surface area contributed by atoms with Crippen LogP contribution in [0.2, 0.25) is 0 Å². The van der Waals surface area contributed by atoms with E-state index >= 15 is 0 Å². The maximum Gasteiger partial charge on any atom is 0.387 e. The molecule has 1 heterocycles. The maximum absolute atomic E-state index is 12.2. The highest BCUT2D eigenvalue weighted by Gasteiger charge is 2.20. The molecule has 0 saturated heterocycles. The second-order valence-corrected chi connectivity index (χ2v) is 6.92. The topological polar surface area (TPSA) is 29.5 Å². The highest BCUT2D eigenvalue weighted by molar-refractivity contribution is 7.12. The molecule has 0 aliphatic rings. The van der Waals surface area contributed by atoms with Gasteiger partial charge < -0.3 is 9.84 Å². The molecule has 0 saturated carbocycles. The summed E-state index contributed by atoms with van der Waals surface area (Å²) in [7, 11) is 0. The van der Waals surface area contributed by atoms with Crippen LogP contribution < -0.4 is 4.74 Å². The van der Waals surface area contributed by atoms with Crippen molar-refractivity contribution in [3.05, 3.63) is 51.7 Å². The van der Waals surface area contributed by atoms with E-state index in [1.165, 1.54) is 23.5 Å². The van der Waals surface area contributed by atoms with E-state index in [2.05, 4.69) is 25.5 Å². The van der Waals surface area contributed by atoms with E-state index in [4.69, 9.17) is 0 Å². The quantitative estimate of drug-likeness (QED) is 0.884. The normalized spacial score (nSPS) is 13.5. The van der Waals surface area contributed by atoms with Gasteiger partial charge in [-0.2, -0.15) is 8.78 Å². The summed E-state index contributed by atoms with van der Waals surface area (Å²) in [5, 5.41) is 10.4. The Morgan fingerprint density at radius 1 is 1.14 bits per heavy atom. The molecule has 1 unspecified atom stereocenters. The summed E-state index contributed by atoms with van der Waals surface area (Å²) in [6.07, 6.45) is -0.840. The lowest BCUT2D eigenvalue weighted by molar-refractivity contribution is -0.0499. The van der Waals surface area contributed by atoms with Gasteiger partial charge in [0.05, 0.1) is 0 Å². The second kappa shape index (κ2) is 6.12.